The lowest BCUT2D eigenvalue weighted by atomic mass is 10.1. The quantitative estimate of drug-likeness (QED) is 0.112. The molecule has 0 N–H and O–H groups in total. The molecule has 0 amide bonds. The number of carbonyl (C=O) groups is 1. The van der Waals surface area contributed by atoms with E-state index < -0.39 is 6.04 Å². The Kier molecular flexibility index (Phi) is 14.7. The van der Waals surface area contributed by atoms with E-state index in [9.17, 15) is 14.9 Å². The lowest BCUT2D eigenvalue weighted by Crippen LogP contribution is -2.15. The van der Waals surface area contributed by atoms with E-state index in [0.29, 0.717) is 12.8 Å². The fraction of sp³-hybridized carbons (Fsp3) is 0.632. The van der Waals surface area contributed by atoms with E-state index in [1.807, 2.05) is 24.3 Å². The van der Waals surface area contributed by atoms with Crippen LogP contribution in [0.25, 0.3) is 0 Å². The van der Waals surface area contributed by atoms with Crippen LogP contribution in [-0.2, 0) is 9.53 Å². The van der Waals surface area contributed by atoms with Gasteiger partial charge in [0.25, 0.3) is 0 Å². The second kappa shape index (κ2) is 16.0. The van der Waals surface area contributed by atoms with Gasteiger partial charge in [0.05, 0.1) is 7.11 Å². The van der Waals surface area contributed by atoms with Gasteiger partial charge in [0, 0.05) is 17.8 Å². The van der Waals surface area contributed by atoms with Crippen LogP contribution in [0.1, 0.15) is 64.7 Å². The van der Waals surface area contributed by atoms with Gasteiger partial charge in [-0.05, 0) is 38.2 Å². The third kappa shape index (κ3) is 13.7. The predicted octanol–water partition coefficient (Wildman–Crippen LogP) is 5.00. The van der Waals surface area contributed by atoms with Crippen LogP contribution in [0.3, 0.4) is 0 Å². The fourth-order valence-electron chi connectivity index (χ4n) is 2.10. The molecular formula is C19H31NO4. The second-order valence-electron chi connectivity index (χ2n) is 5.69. The van der Waals surface area contributed by atoms with Crippen LogP contribution in [-0.4, -0.2) is 24.0 Å². The molecule has 0 aliphatic heterocycles. The van der Waals surface area contributed by atoms with Crippen molar-refractivity contribution in [3.05, 3.63) is 46.6 Å². The molecule has 0 aliphatic carbocycles. The Morgan fingerprint density at radius 3 is 2.46 bits per heavy atom. The van der Waals surface area contributed by atoms with Crippen LogP contribution in [0.4, 0.5) is 0 Å². The molecular weight excluding hydrogens is 306 g/mol. The molecule has 0 heterocycles. The summed E-state index contributed by atoms with van der Waals surface area (Å²) in [4.78, 5) is 21.7. The molecule has 0 saturated carbocycles. The summed E-state index contributed by atoms with van der Waals surface area (Å²) >= 11 is 0. The van der Waals surface area contributed by atoms with Crippen molar-refractivity contribution in [1.82, 2.24) is 0 Å². The molecule has 1 unspecified atom stereocenters. The van der Waals surface area contributed by atoms with Crippen LogP contribution < -0.4 is 0 Å². The van der Waals surface area contributed by atoms with Crippen LogP contribution in [0.5, 0.6) is 0 Å². The van der Waals surface area contributed by atoms with Crippen molar-refractivity contribution in [1.29, 1.82) is 0 Å². The molecule has 0 radical (unpaired) electrons. The average Bonchev–Trinajstić information content (AvgIpc) is 2.57. The average molecular weight is 337 g/mol. The molecule has 0 rings (SSSR count). The summed E-state index contributed by atoms with van der Waals surface area (Å²) in [6.07, 6.45) is 19.0. The van der Waals surface area contributed by atoms with E-state index in [0.717, 1.165) is 32.1 Å². The summed E-state index contributed by atoms with van der Waals surface area (Å²) in [5, 5.41) is 11.0. The molecule has 0 aromatic heterocycles. The summed E-state index contributed by atoms with van der Waals surface area (Å²) in [7, 11) is 1.39. The molecule has 0 bridgehead atoms. The van der Waals surface area contributed by atoms with Crippen LogP contribution in [0.15, 0.2) is 36.5 Å². The highest BCUT2D eigenvalue weighted by atomic mass is 16.6. The van der Waals surface area contributed by atoms with Gasteiger partial charge >= 0.3 is 5.97 Å². The van der Waals surface area contributed by atoms with Gasteiger partial charge in [0.2, 0.25) is 6.04 Å². The summed E-state index contributed by atoms with van der Waals surface area (Å²) in [6.45, 7) is 2.16. The Morgan fingerprint density at radius 2 is 1.79 bits per heavy atom. The minimum atomic E-state index is -0.670. The van der Waals surface area contributed by atoms with Crippen molar-refractivity contribution in [3.8, 4) is 0 Å². The zero-order valence-electron chi connectivity index (χ0n) is 15.0. The Bertz CT molecular complexity index is 427. The maximum atomic E-state index is 11.0. The highest BCUT2D eigenvalue weighted by Gasteiger charge is 2.12. The first-order chi connectivity index (χ1) is 11.6. The number of carbonyl (C=O) groups excluding carboxylic acids is 1. The molecule has 1 atom stereocenters. The number of nitro groups is 1. The zero-order valence-corrected chi connectivity index (χ0v) is 15.0. The molecule has 24 heavy (non-hydrogen) atoms. The highest BCUT2D eigenvalue weighted by Crippen LogP contribution is 2.05. The van der Waals surface area contributed by atoms with Crippen LogP contribution in [0.2, 0.25) is 0 Å². The Morgan fingerprint density at radius 1 is 1.08 bits per heavy atom. The first kappa shape index (κ1) is 22.1. The smallest absolute Gasteiger partial charge is 0.305 e. The number of hydrogen-bond donors (Lipinski definition) is 0. The molecule has 136 valence electrons. The van der Waals surface area contributed by atoms with E-state index in [2.05, 4.69) is 11.7 Å². The first-order valence-electron chi connectivity index (χ1n) is 8.80. The Labute approximate surface area is 145 Å². The van der Waals surface area contributed by atoms with E-state index >= 15 is 0 Å². The van der Waals surface area contributed by atoms with Gasteiger partial charge in [-0.3, -0.25) is 14.9 Å². The van der Waals surface area contributed by atoms with Gasteiger partial charge in [-0.2, -0.15) is 0 Å². The number of rotatable bonds is 14. The van der Waals surface area contributed by atoms with E-state index in [1.54, 1.807) is 12.2 Å². The summed E-state index contributed by atoms with van der Waals surface area (Å²) in [5.41, 5.74) is 0. The lowest BCUT2D eigenvalue weighted by Gasteiger charge is -2.00. The standard InChI is InChI=1S/C19H31NO4/c1-3-4-5-6-9-12-15-18(20(22)23)16-13-10-7-8-11-14-17-19(21)24-2/h7,9-10,12-13,16,18H,3-6,8,11,14-15,17H2,1-2H3/b10-7-,12-9-,16-13+. The van der Waals surface area contributed by atoms with E-state index in [-0.39, 0.29) is 10.9 Å². The lowest BCUT2D eigenvalue weighted by molar-refractivity contribution is -0.508. The topological polar surface area (TPSA) is 69.4 Å². The van der Waals surface area contributed by atoms with Crippen molar-refractivity contribution in [2.45, 2.75) is 70.8 Å². The number of esters is 1. The fourth-order valence-corrected chi connectivity index (χ4v) is 2.10. The highest BCUT2D eigenvalue weighted by molar-refractivity contribution is 5.68. The number of nitrogens with zero attached hydrogens (tertiary/aromatic N) is 1. The summed E-state index contributed by atoms with van der Waals surface area (Å²) < 4.78 is 4.57. The second-order valence-corrected chi connectivity index (χ2v) is 5.69. The third-order valence-electron chi connectivity index (χ3n) is 3.60. The monoisotopic (exact) mass is 337 g/mol. The predicted molar refractivity (Wildman–Crippen MR) is 97.4 cm³/mol. The van der Waals surface area contributed by atoms with Gasteiger partial charge in [0.1, 0.15) is 0 Å². The van der Waals surface area contributed by atoms with Gasteiger partial charge in [-0.25, -0.2) is 0 Å². The minimum absolute atomic E-state index is 0.185. The molecule has 0 aromatic rings. The number of methoxy groups -OCH3 is 1. The van der Waals surface area contributed by atoms with Crippen molar-refractivity contribution >= 4 is 5.97 Å². The summed E-state index contributed by atoms with van der Waals surface area (Å²) in [5.74, 6) is -0.185. The molecule has 0 spiro atoms. The Balaban J connectivity index is 3.96. The van der Waals surface area contributed by atoms with Crippen molar-refractivity contribution in [3.63, 3.8) is 0 Å². The van der Waals surface area contributed by atoms with Crippen LogP contribution >= 0.6 is 0 Å². The summed E-state index contributed by atoms with van der Waals surface area (Å²) in [6, 6.07) is -0.670. The molecule has 0 fully saturated rings. The normalized spacial score (nSPS) is 13.1. The van der Waals surface area contributed by atoms with Crippen molar-refractivity contribution < 1.29 is 14.5 Å². The number of ether oxygens (including phenoxy) is 1. The number of allylic oxidation sites excluding steroid dienone is 4. The SMILES string of the molecule is CCCCC/C=C\CC(/C=C/C=C\CCCCC(=O)OC)[N+](=O)[O-]. The maximum Gasteiger partial charge on any atom is 0.305 e. The maximum absolute atomic E-state index is 11.0. The van der Waals surface area contributed by atoms with Gasteiger partial charge in [-0.1, -0.05) is 50.1 Å². The number of hydrogen-bond acceptors (Lipinski definition) is 4. The Hall–Kier alpha value is -1.91. The van der Waals surface area contributed by atoms with E-state index in [4.69, 9.17) is 0 Å². The third-order valence-corrected chi connectivity index (χ3v) is 3.60. The molecule has 0 aliphatic rings. The number of unbranched alkanes of at least 4 members (excludes halogenated alkanes) is 5. The molecule has 0 saturated heterocycles. The largest absolute Gasteiger partial charge is 0.469 e. The van der Waals surface area contributed by atoms with Crippen LogP contribution in [0, 0.1) is 10.1 Å². The van der Waals surface area contributed by atoms with Gasteiger partial charge < -0.3 is 4.74 Å². The molecule has 5 nitrogen and oxygen atoms in total. The van der Waals surface area contributed by atoms with E-state index in [1.165, 1.54) is 20.0 Å². The first-order valence-corrected chi connectivity index (χ1v) is 8.80. The molecule has 0 aromatic carbocycles. The minimum Gasteiger partial charge on any atom is -0.469 e. The van der Waals surface area contributed by atoms with Crippen molar-refractivity contribution in [2.24, 2.45) is 0 Å². The van der Waals surface area contributed by atoms with Gasteiger partial charge in [-0.15, -0.1) is 0 Å². The van der Waals surface area contributed by atoms with Crippen molar-refractivity contribution in [2.75, 3.05) is 7.11 Å². The molecule has 5 heteroatoms. The van der Waals surface area contributed by atoms with Gasteiger partial charge in [0.15, 0.2) is 0 Å². The zero-order chi connectivity index (χ0) is 18.0.